The number of benzene rings is 3. The predicted octanol–water partition coefficient (Wildman–Crippen LogP) is 7.93. The zero-order valence-corrected chi connectivity index (χ0v) is 16.8. The molecule has 1 fully saturated rings. The van der Waals surface area contributed by atoms with Gasteiger partial charge in [-0.3, -0.25) is 0 Å². The molecule has 0 unspecified atom stereocenters. The van der Waals surface area contributed by atoms with Crippen LogP contribution in [-0.2, 0) is 0 Å². The second-order valence-corrected chi connectivity index (χ2v) is 8.47. The molecule has 1 aliphatic rings. The summed E-state index contributed by atoms with van der Waals surface area (Å²) < 4.78 is 0. The Hall–Kier alpha value is -2.34. The summed E-state index contributed by atoms with van der Waals surface area (Å²) in [6.07, 6.45) is 5.47. The number of rotatable bonds is 3. The van der Waals surface area contributed by atoms with Crippen LogP contribution in [0.3, 0.4) is 0 Å². The molecule has 138 valence electrons. The van der Waals surface area contributed by atoms with Gasteiger partial charge in [0.1, 0.15) is 0 Å². The molecule has 0 heterocycles. The maximum atomic E-state index is 2.39. The van der Waals surface area contributed by atoms with Gasteiger partial charge in [-0.2, -0.15) is 0 Å². The van der Waals surface area contributed by atoms with Crippen molar-refractivity contribution in [3.05, 3.63) is 83.4 Å². The van der Waals surface area contributed by atoms with Gasteiger partial charge in [0.15, 0.2) is 0 Å². The molecule has 0 spiro atoms. The van der Waals surface area contributed by atoms with E-state index in [1.807, 2.05) is 0 Å². The highest BCUT2D eigenvalue weighted by Crippen LogP contribution is 2.36. The summed E-state index contributed by atoms with van der Waals surface area (Å²) in [6, 6.07) is 25.0. The molecule has 3 aromatic carbocycles. The predicted molar refractivity (Wildman–Crippen MR) is 117 cm³/mol. The minimum atomic E-state index is 0.764. The van der Waals surface area contributed by atoms with E-state index in [9.17, 15) is 0 Å². The molecule has 0 amide bonds. The highest BCUT2D eigenvalue weighted by Gasteiger charge is 2.19. The number of aryl methyl sites for hydroxylation is 2. The van der Waals surface area contributed by atoms with Crippen molar-refractivity contribution in [1.29, 1.82) is 0 Å². The summed E-state index contributed by atoms with van der Waals surface area (Å²) in [7, 11) is 0. The van der Waals surface area contributed by atoms with E-state index in [0.29, 0.717) is 0 Å². The van der Waals surface area contributed by atoms with E-state index in [0.717, 1.165) is 11.8 Å². The van der Waals surface area contributed by atoms with Gasteiger partial charge in [-0.1, -0.05) is 92.1 Å². The second-order valence-electron chi connectivity index (χ2n) is 8.47. The van der Waals surface area contributed by atoms with Crippen molar-refractivity contribution in [2.75, 3.05) is 0 Å². The third kappa shape index (κ3) is 4.00. The summed E-state index contributed by atoms with van der Waals surface area (Å²) in [6.45, 7) is 6.75. The van der Waals surface area contributed by atoms with E-state index in [1.54, 1.807) is 0 Å². The van der Waals surface area contributed by atoms with Gasteiger partial charge >= 0.3 is 0 Å². The van der Waals surface area contributed by atoms with Crippen LogP contribution in [0.25, 0.3) is 22.3 Å². The molecule has 0 atom stereocenters. The minimum absolute atomic E-state index is 0.764. The van der Waals surface area contributed by atoms with Gasteiger partial charge in [-0.05, 0) is 71.9 Å². The highest BCUT2D eigenvalue weighted by atomic mass is 14.2. The molecular weight excluding hydrogens is 324 g/mol. The molecule has 0 nitrogen and oxygen atoms in total. The zero-order chi connectivity index (χ0) is 18.8. The maximum Gasteiger partial charge on any atom is -0.0154 e. The Morgan fingerprint density at radius 1 is 0.630 bits per heavy atom. The van der Waals surface area contributed by atoms with Gasteiger partial charge in [0.05, 0.1) is 0 Å². The molecule has 4 rings (SSSR count). The third-order valence-electron chi connectivity index (χ3n) is 6.32. The van der Waals surface area contributed by atoms with Crippen molar-refractivity contribution in [3.63, 3.8) is 0 Å². The smallest absolute Gasteiger partial charge is 0.0154 e. The first-order chi connectivity index (χ1) is 13.1. The molecule has 0 aliphatic heterocycles. The van der Waals surface area contributed by atoms with Gasteiger partial charge in [0.2, 0.25) is 0 Å². The Bertz CT molecular complexity index is 892. The molecule has 0 aromatic heterocycles. The van der Waals surface area contributed by atoms with Crippen molar-refractivity contribution >= 4 is 0 Å². The highest BCUT2D eigenvalue weighted by molar-refractivity contribution is 5.73. The lowest BCUT2D eigenvalue weighted by atomic mass is 9.79. The number of hydrogen-bond donors (Lipinski definition) is 0. The average Bonchev–Trinajstić information content (AvgIpc) is 2.69. The zero-order valence-electron chi connectivity index (χ0n) is 16.8. The summed E-state index contributed by atoms with van der Waals surface area (Å²) in [4.78, 5) is 0. The maximum absolute atomic E-state index is 2.39. The fraction of sp³-hybridized carbons (Fsp3) is 0.333. The lowest BCUT2D eigenvalue weighted by molar-refractivity contribution is 0.348. The van der Waals surface area contributed by atoms with Crippen molar-refractivity contribution in [3.8, 4) is 22.3 Å². The van der Waals surface area contributed by atoms with E-state index in [1.165, 1.54) is 64.6 Å². The van der Waals surface area contributed by atoms with E-state index < -0.39 is 0 Å². The van der Waals surface area contributed by atoms with Gasteiger partial charge in [0.25, 0.3) is 0 Å². The van der Waals surface area contributed by atoms with Gasteiger partial charge in [0, 0.05) is 0 Å². The fourth-order valence-corrected chi connectivity index (χ4v) is 4.44. The van der Waals surface area contributed by atoms with Crippen LogP contribution >= 0.6 is 0 Å². The first-order valence-corrected chi connectivity index (χ1v) is 10.4. The summed E-state index contributed by atoms with van der Waals surface area (Å²) in [5.41, 5.74) is 9.43. The SMILES string of the molecule is Cc1ccc(-c2ccc(-c3ccc(C4CCC(C)CC4)cc3)c(C)c2)cc1. The van der Waals surface area contributed by atoms with Gasteiger partial charge in [-0.25, -0.2) is 0 Å². The van der Waals surface area contributed by atoms with Crippen molar-refractivity contribution in [2.24, 2.45) is 5.92 Å². The van der Waals surface area contributed by atoms with Crippen molar-refractivity contribution in [1.82, 2.24) is 0 Å². The quantitative estimate of drug-likeness (QED) is 0.448. The Labute approximate surface area is 164 Å². The fourth-order valence-electron chi connectivity index (χ4n) is 4.44. The van der Waals surface area contributed by atoms with Crippen LogP contribution in [0.15, 0.2) is 66.7 Å². The van der Waals surface area contributed by atoms with E-state index in [4.69, 9.17) is 0 Å². The molecule has 1 saturated carbocycles. The Kier molecular flexibility index (Phi) is 5.16. The van der Waals surface area contributed by atoms with Gasteiger partial charge in [-0.15, -0.1) is 0 Å². The molecule has 0 N–H and O–H groups in total. The molecule has 0 saturated heterocycles. The molecule has 1 aliphatic carbocycles. The topological polar surface area (TPSA) is 0 Å². The van der Waals surface area contributed by atoms with E-state index in [2.05, 4.69) is 87.5 Å². The Morgan fingerprint density at radius 3 is 1.85 bits per heavy atom. The van der Waals surface area contributed by atoms with Crippen LogP contribution in [0.4, 0.5) is 0 Å². The standard InChI is InChI=1S/C27H30/c1-19-4-8-22(9-5-19)23-12-14-25(15-13-23)27-17-16-26(18-21(27)3)24-10-6-20(2)7-11-24/h6-7,10-19,22H,4-5,8-9H2,1-3H3. The molecule has 3 aromatic rings. The van der Waals surface area contributed by atoms with Crippen LogP contribution in [0.2, 0.25) is 0 Å². The van der Waals surface area contributed by atoms with Crippen LogP contribution < -0.4 is 0 Å². The lowest BCUT2D eigenvalue weighted by Crippen LogP contribution is -2.10. The lowest BCUT2D eigenvalue weighted by Gasteiger charge is -2.26. The van der Waals surface area contributed by atoms with Crippen molar-refractivity contribution in [2.45, 2.75) is 52.4 Å². The first-order valence-electron chi connectivity index (χ1n) is 10.4. The van der Waals surface area contributed by atoms with Crippen LogP contribution in [0, 0.1) is 19.8 Å². The first kappa shape index (κ1) is 18.0. The molecule has 27 heavy (non-hydrogen) atoms. The van der Waals surface area contributed by atoms with Gasteiger partial charge < -0.3 is 0 Å². The van der Waals surface area contributed by atoms with Crippen molar-refractivity contribution < 1.29 is 0 Å². The van der Waals surface area contributed by atoms with E-state index >= 15 is 0 Å². The van der Waals surface area contributed by atoms with Crippen LogP contribution in [0.5, 0.6) is 0 Å². The minimum Gasteiger partial charge on any atom is -0.0625 e. The largest absolute Gasteiger partial charge is 0.0625 e. The monoisotopic (exact) mass is 354 g/mol. The Morgan fingerprint density at radius 2 is 1.22 bits per heavy atom. The normalized spacial score (nSPS) is 19.8. The molecular formula is C27H30. The summed E-state index contributed by atoms with van der Waals surface area (Å²) in [5.74, 6) is 1.68. The molecule has 0 radical (unpaired) electrons. The average molecular weight is 355 g/mol. The molecule has 0 heteroatoms. The summed E-state index contributed by atoms with van der Waals surface area (Å²) in [5, 5.41) is 0. The van der Waals surface area contributed by atoms with Crippen LogP contribution in [0.1, 0.15) is 55.2 Å². The van der Waals surface area contributed by atoms with E-state index in [-0.39, 0.29) is 0 Å². The van der Waals surface area contributed by atoms with Crippen LogP contribution in [-0.4, -0.2) is 0 Å². The number of hydrogen-bond acceptors (Lipinski definition) is 0. The second kappa shape index (κ2) is 7.72. The molecule has 0 bridgehead atoms. The Balaban J connectivity index is 1.55. The summed E-state index contributed by atoms with van der Waals surface area (Å²) >= 11 is 0. The third-order valence-corrected chi connectivity index (χ3v) is 6.32.